The zero-order valence-electron chi connectivity index (χ0n) is 7.53. The van der Waals surface area contributed by atoms with Crippen LogP contribution in [0.4, 0.5) is 0 Å². The number of hydrogen-bond acceptors (Lipinski definition) is 2. The lowest BCUT2D eigenvalue weighted by atomic mass is 10.1. The summed E-state index contributed by atoms with van der Waals surface area (Å²) < 4.78 is 9.38. The first kappa shape index (κ1) is 8.48. The molecule has 3 rings (SSSR count). The maximum atomic E-state index is 11.9. The molecular weight excluding hydrogens is 214 g/mol. The molecule has 1 aliphatic heterocycles. The second kappa shape index (κ2) is 2.83. The molecule has 0 N–H and O–H groups in total. The first-order chi connectivity index (χ1) is 7.27. The highest BCUT2D eigenvalue weighted by Gasteiger charge is 2.21. The molecule has 72 valence electrons. The molecule has 3 nitrogen and oxygen atoms in total. The van der Waals surface area contributed by atoms with Gasteiger partial charge in [-0.05, 0) is 12.1 Å². The quantitative estimate of drug-likeness (QED) is 0.535. The summed E-state index contributed by atoms with van der Waals surface area (Å²) in [7, 11) is 0. The molecule has 0 saturated carbocycles. The van der Waals surface area contributed by atoms with Crippen LogP contribution in [0.5, 0.6) is 0 Å². The lowest BCUT2D eigenvalue weighted by Gasteiger charge is -1.98. The molecule has 0 spiro atoms. The van der Waals surface area contributed by atoms with E-state index >= 15 is 0 Å². The molecule has 0 bridgehead atoms. The first-order valence-electron chi connectivity index (χ1n) is 4.39. The largest absolute Gasteiger partial charge is 0.446 e. The summed E-state index contributed by atoms with van der Waals surface area (Å²) in [6, 6.07) is 5.11. The topological polar surface area (TPSA) is 44.3 Å². The third-order valence-corrected chi connectivity index (χ3v) is 2.63. The molecule has 0 amide bonds. The highest BCUT2D eigenvalue weighted by molar-refractivity contribution is 6.34. The number of benzene rings is 1. The molecule has 2 aromatic rings. The Labute approximate surface area is 89.3 Å². The number of halogens is 1. The van der Waals surface area contributed by atoms with Crippen LogP contribution in [-0.2, 0) is 0 Å². The highest BCUT2D eigenvalue weighted by atomic mass is 35.5. The van der Waals surface area contributed by atoms with Gasteiger partial charge in [-0.15, -0.1) is 0 Å². The number of hydrogen-bond donors (Lipinski definition) is 0. The van der Waals surface area contributed by atoms with Gasteiger partial charge in [0, 0.05) is 0 Å². The lowest BCUT2D eigenvalue weighted by molar-refractivity contribution is 0.595. The van der Waals surface area contributed by atoms with Crippen molar-refractivity contribution in [1.29, 1.82) is 0 Å². The van der Waals surface area contributed by atoms with Crippen LogP contribution < -0.4 is 10.1 Å². The van der Waals surface area contributed by atoms with Crippen molar-refractivity contribution in [2.75, 3.05) is 0 Å². The number of para-hydroxylation sites is 1. The monoisotopic (exact) mass is 218 g/mol. The summed E-state index contributed by atoms with van der Waals surface area (Å²) in [6.45, 7) is 0. The second-order valence-corrected chi connectivity index (χ2v) is 3.64. The van der Waals surface area contributed by atoms with Crippen LogP contribution in [0.25, 0.3) is 11.0 Å². The fourth-order valence-corrected chi connectivity index (χ4v) is 1.82. The van der Waals surface area contributed by atoms with Crippen molar-refractivity contribution >= 4 is 35.0 Å². The summed E-state index contributed by atoms with van der Waals surface area (Å²) in [5, 5.41) is 0.927. The van der Waals surface area contributed by atoms with Gasteiger partial charge < -0.3 is 4.42 Å². The van der Waals surface area contributed by atoms with Crippen LogP contribution in [0.3, 0.4) is 0 Å². The fraction of sp³-hybridized carbons (Fsp3) is 0. The SMILES string of the molecule is O=c1c2c(oc3c(Cl)cccc13)C=[N+]=C2. The van der Waals surface area contributed by atoms with Crippen LogP contribution >= 0.6 is 11.6 Å². The van der Waals surface area contributed by atoms with E-state index in [1.54, 1.807) is 18.2 Å². The van der Waals surface area contributed by atoms with Crippen molar-refractivity contribution in [3.8, 4) is 0 Å². The van der Waals surface area contributed by atoms with E-state index in [1.165, 1.54) is 12.4 Å². The number of rotatable bonds is 0. The minimum atomic E-state index is -0.0914. The summed E-state index contributed by atoms with van der Waals surface area (Å²) in [4.78, 5) is 11.9. The highest BCUT2D eigenvalue weighted by Crippen LogP contribution is 2.22. The predicted molar refractivity (Wildman–Crippen MR) is 60.0 cm³/mol. The third-order valence-electron chi connectivity index (χ3n) is 2.33. The maximum absolute atomic E-state index is 11.9. The van der Waals surface area contributed by atoms with Crippen molar-refractivity contribution in [2.45, 2.75) is 0 Å². The van der Waals surface area contributed by atoms with Gasteiger partial charge in [-0.3, -0.25) is 4.79 Å². The molecule has 0 radical (unpaired) electrons. The zero-order valence-corrected chi connectivity index (χ0v) is 8.28. The van der Waals surface area contributed by atoms with E-state index in [9.17, 15) is 4.79 Å². The van der Waals surface area contributed by atoms with Gasteiger partial charge in [-0.2, -0.15) is 0 Å². The Balaban J connectivity index is 2.59. The molecule has 4 heteroatoms. The molecule has 2 heterocycles. The Morgan fingerprint density at radius 2 is 2.13 bits per heavy atom. The van der Waals surface area contributed by atoms with Gasteiger partial charge in [-0.25, -0.2) is 0 Å². The maximum Gasteiger partial charge on any atom is 0.335 e. The summed E-state index contributed by atoms with van der Waals surface area (Å²) >= 11 is 5.94. The van der Waals surface area contributed by atoms with Crippen molar-refractivity contribution in [1.82, 2.24) is 4.67 Å². The van der Waals surface area contributed by atoms with Gasteiger partial charge in [0.25, 0.3) is 0 Å². The summed E-state index contributed by atoms with van der Waals surface area (Å²) in [5.74, 6) is 0.473. The van der Waals surface area contributed by atoms with E-state index in [4.69, 9.17) is 16.0 Å². The van der Waals surface area contributed by atoms with E-state index in [-0.39, 0.29) is 5.43 Å². The van der Waals surface area contributed by atoms with Crippen LogP contribution in [0.2, 0.25) is 5.02 Å². The van der Waals surface area contributed by atoms with E-state index in [1.807, 2.05) is 0 Å². The van der Waals surface area contributed by atoms with Gasteiger partial charge in [-0.1, -0.05) is 22.3 Å². The molecule has 1 aliphatic rings. The van der Waals surface area contributed by atoms with Gasteiger partial charge in [0.1, 0.15) is 0 Å². The Hall–Kier alpha value is -1.83. The van der Waals surface area contributed by atoms with Crippen LogP contribution in [-0.4, -0.2) is 12.4 Å². The molecule has 15 heavy (non-hydrogen) atoms. The number of fused-ring (bicyclic) bond motifs is 2. The first-order valence-corrected chi connectivity index (χ1v) is 4.77. The molecule has 0 unspecified atom stereocenters. The van der Waals surface area contributed by atoms with Crippen molar-refractivity contribution < 1.29 is 4.42 Å². The molecule has 1 aromatic carbocycles. The molecule has 0 aliphatic carbocycles. The Morgan fingerprint density at radius 3 is 3.00 bits per heavy atom. The third kappa shape index (κ3) is 1.08. The summed E-state index contributed by atoms with van der Waals surface area (Å²) in [5.41, 5.74) is 0.820. The molecule has 0 saturated heterocycles. The van der Waals surface area contributed by atoms with E-state index in [0.717, 1.165) is 0 Å². The fourth-order valence-electron chi connectivity index (χ4n) is 1.61. The van der Waals surface area contributed by atoms with Crippen LogP contribution in [0, 0.1) is 0 Å². The van der Waals surface area contributed by atoms with Crippen LogP contribution in [0.1, 0.15) is 11.3 Å². The standard InChI is InChI=1S/C11H5ClNO2/c12-8-3-1-2-6-10(14)7-4-13-5-9(7)15-11(6)8/h1-5H/q+1. The summed E-state index contributed by atoms with van der Waals surface area (Å²) in [6.07, 6.45) is 3.01. The van der Waals surface area contributed by atoms with Gasteiger partial charge in [0.15, 0.2) is 11.1 Å². The van der Waals surface area contributed by atoms with Gasteiger partial charge in [0.2, 0.25) is 11.2 Å². The minimum absolute atomic E-state index is 0.0914. The smallest absolute Gasteiger partial charge is 0.335 e. The van der Waals surface area contributed by atoms with Crippen LogP contribution in [0.15, 0.2) is 27.4 Å². The lowest BCUT2D eigenvalue weighted by Crippen LogP contribution is -2.09. The molecule has 1 aromatic heterocycles. The normalized spacial score (nSPS) is 12.3. The second-order valence-electron chi connectivity index (χ2n) is 3.23. The van der Waals surface area contributed by atoms with E-state index in [0.29, 0.717) is 27.3 Å². The average Bonchev–Trinajstić information content (AvgIpc) is 2.68. The van der Waals surface area contributed by atoms with E-state index < -0.39 is 0 Å². The van der Waals surface area contributed by atoms with Crippen molar-refractivity contribution in [3.05, 3.63) is 44.8 Å². The van der Waals surface area contributed by atoms with E-state index in [2.05, 4.69) is 4.67 Å². The Kier molecular flexibility index (Phi) is 1.60. The number of nitrogens with zero attached hydrogens (tertiary/aromatic N) is 1. The molecule has 0 atom stereocenters. The molecular formula is C11H5ClNO2+. The Bertz CT molecular complexity index is 694. The Morgan fingerprint density at radius 1 is 1.27 bits per heavy atom. The van der Waals surface area contributed by atoms with Crippen molar-refractivity contribution in [2.24, 2.45) is 0 Å². The predicted octanol–water partition coefficient (Wildman–Crippen LogP) is 1.36. The minimum Gasteiger partial charge on any atom is -0.446 e. The molecule has 0 fully saturated rings. The van der Waals surface area contributed by atoms with Crippen molar-refractivity contribution in [3.63, 3.8) is 0 Å². The zero-order chi connectivity index (χ0) is 10.4. The van der Waals surface area contributed by atoms with Gasteiger partial charge in [0.05, 0.1) is 10.4 Å². The average molecular weight is 219 g/mol. The van der Waals surface area contributed by atoms with Gasteiger partial charge >= 0.3 is 12.4 Å².